The molecule has 3 nitrogen and oxygen atoms in total. The van der Waals surface area contributed by atoms with Gasteiger partial charge in [0.2, 0.25) is 0 Å². The predicted molar refractivity (Wildman–Crippen MR) is 69.2 cm³/mol. The molecule has 0 saturated heterocycles. The molecule has 0 aromatic rings. The van der Waals surface area contributed by atoms with Crippen molar-refractivity contribution in [2.75, 3.05) is 0 Å². The van der Waals surface area contributed by atoms with Gasteiger partial charge >= 0.3 is 5.97 Å². The molecule has 3 heteroatoms. The predicted octanol–water partition coefficient (Wildman–Crippen LogP) is 3.42. The average molecular weight is 239 g/mol. The Morgan fingerprint density at radius 2 is 2.06 bits per heavy atom. The third kappa shape index (κ3) is 4.49. The summed E-state index contributed by atoms with van der Waals surface area (Å²) in [6.07, 6.45) is 3.56. The van der Waals surface area contributed by atoms with Crippen LogP contribution in [0, 0.1) is 23.2 Å². The van der Waals surface area contributed by atoms with E-state index < -0.39 is 0 Å². The van der Waals surface area contributed by atoms with Crippen LogP contribution in [0.3, 0.4) is 0 Å². The molecule has 1 aliphatic rings. The monoisotopic (exact) mass is 239 g/mol. The zero-order chi connectivity index (χ0) is 13.0. The molecule has 0 aromatic heterocycles. The first-order valence-corrected chi connectivity index (χ1v) is 6.63. The molecule has 3 atom stereocenters. The molecule has 1 rings (SSSR count). The second-order valence-electron chi connectivity index (χ2n) is 5.81. The molecule has 0 amide bonds. The lowest BCUT2D eigenvalue weighted by molar-refractivity contribution is -0.154. The van der Waals surface area contributed by atoms with E-state index in [-0.39, 0.29) is 18.5 Å². The second kappa shape index (κ2) is 6.18. The largest absolute Gasteiger partial charge is 0.462 e. The highest BCUT2D eigenvalue weighted by atomic mass is 16.5. The third-order valence-electron chi connectivity index (χ3n) is 3.65. The molecule has 0 heterocycles. The summed E-state index contributed by atoms with van der Waals surface area (Å²) in [5.41, 5.74) is 0.375. The lowest BCUT2D eigenvalue weighted by atomic mass is 9.75. The van der Waals surface area contributed by atoms with Crippen LogP contribution in [-0.4, -0.2) is 17.8 Å². The quantitative estimate of drug-likeness (QED) is 0.603. The maximum atomic E-state index is 11.6. The van der Waals surface area contributed by atoms with Gasteiger partial charge in [0.05, 0.1) is 6.42 Å². The minimum Gasteiger partial charge on any atom is -0.462 e. The van der Waals surface area contributed by atoms with Crippen molar-refractivity contribution < 1.29 is 9.53 Å². The molecular formula is C14H25NO2. The summed E-state index contributed by atoms with van der Waals surface area (Å²) < 4.78 is 5.57. The first-order chi connectivity index (χ1) is 7.90. The zero-order valence-electron chi connectivity index (χ0n) is 11.5. The van der Waals surface area contributed by atoms with E-state index in [1.807, 2.05) is 0 Å². The maximum absolute atomic E-state index is 11.6. The van der Waals surface area contributed by atoms with Gasteiger partial charge in [-0.3, -0.25) is 4.79 Å². The Morgan fingerprint density at radius 1 is 1.41 bits per heavy atom. The van der Waals surface area contributed by atoms with Crippen molar-refractivity contribution >= 4 is 11.7 Å². The number of hydrogen-bond acceptors (Lipinski definition) is 3. The third-order valence-corrected chi connectivity index (χ3v) is 3.65. The van der Waals surface area contributed by atoms with Crippen LogP contribution in [0.2, 0.25) is 0 Å². The molecule has 17 heavy (non-hydrogen) atoms. The minimum atomic E-state index is -0.234. The Balaban J connectivity index is 2.57. The molecule has 1 aliphatic carbocycles. The summed E-state index contributed by atoms with van der Waals surface area (Å²) in [5.74, 6) is 1.45. The molecule has 0 spiro atoms. The second-order valence-corrected chi connectivity index (χ2v) is 5.81. The van der Waals surface area contributed by atoms with Gasteiger partial charge in [-0.1, -0.05) is 27.2 Å². The molecule has 0 bridgehead atoms. The van der Waals surface area contributed by atoms with Crippen LogP contribution in [-0.2, 0) is 9.53 Å². The fourth-order valence-electron chi connectivity index (χ4n) is 2.68. The van der Waals surface area contributed by atoms with Crippen molar-refractivity contribution in [2.45, 2.75) is 59.5 Å². The van der Waals surface area contributed by atoms with Gasteiger partial charge < -0.3 is 10.1 Å². The first kappa shape index (κ1) is 14.2. The number of esters is 1. The summed E-state index contributed by atoms with van der Waals surface area (Å²) in [6.45, 7) is 8.26. The SMILES string of the molecule is CC(=N)CC(=O)OC1CC(C)CCC1C(C)C. The zero-order valence-corrected chi connectivity index (χ0v) is 11.5. The molecule has 0 radical (unpaired) electrons. The van der Waals surface area contributed by atoms with Crippen molar-refractivity contribution in [2.24, 2.45) is 17.8 Å². The van der Waals surface area contributed by atoms with E-state index in [4.69, 9.17) is 10.1 Å². The molecular weight excluding hydrogens is 214 g/mol. The molecule has 98 valence electrons. The Kier molecular flexibility index (Phi) is 5.16. The Morgan fingerprint density at radius 3 is 2.59 bits per heavy atom. The standard InChI is InChI=1S/C14H25NO2/c1-9(2)12-6-5-10(3)7-13(12)17-14(16)8-11(4)15/h9-10,12-13,15H,5-8H2,1-4H3. The molecule has 1 saturated carbocycles. The lowest BCUT2D eigenvalue weighted by Gasteiger charge is -2.36. The van der Waals surface area contributed by atoms with E-state index in [1.54, 1.807) is 6.92 Å². The average Bonchev–Trinajstić information content (AvgIpc) is 2.15. The number of ether oxygens (including phenoxy) is 1. The fourth-order valence-corrected chi connectivity index (χ4v) is 2.68. The van der Waals surface area contributed by atoms with E-state index in [0.717, 1.165) is 12.8 Å². The van der Waals surface area contributed by atoms with Gasteiger partial charge in [-0.25, -0.2) is 0 Å². The molecule has 1 fully saturated rings. The number of hydrogen-bond donors (Lipinski definition) is 1. The van der Waals surface area contributed by atoms with Gasteiger partial charge in [-0.15, -0.1) is 0 Å². The maximum Gasteiger partial charge on any atom is 0.311 e. The van der Waals surface area contributed by atoms with E-state index in [2.05, 4.69) is 20.8 Å². The normalized spacial score (nSPS) is 29.1. The highest BCUT2D eigenvalue weighted by Crippen LogP contribution is 2.35. The number of nitrogens with one attached hydrogen (secondary N) is 1. The first-order valence-electron chi connectivity index (χ1n) is 6.63. The molecule has 0 aromatic carbocycles. The van der Waals surface area contributed by atoms with Gasteiger partial charge in [0.1, 0.15) is 6.10 Å². The Bertz CT molecular complexity index is 286. The topological polar surface area (TPSA) is 50.2 Å². The van der Waals surface area contributed by atoms with Gasteiger partial charge in [-0.05, 0) is 37.5 Å². The van der Waals surface area contributed by atoms with Gasteiger partial charge in [-0.2, -0.15) is 0 Å². The summed E-state index contributed by atoms with van der Waals surface area (Å²) in [6, 6.07) is 0. The van der Waals surface area contributed by atoms with Crippen molar-refractivity contribution in [1.82, 2.24) is 0 Å². The van der Waals surface area contributed by atoms with Gasteiger partial charge in [0.25, 0.3) is 0 Å². The van der Waals surface area contributed by atoms with Crippen LogP contribution < -0.4 is 0 Å². The van der Waals surface area contributed by atoms with Crippen LogP contribution in [0.25, 0.3) is 0 Å². The smallest absolute Gasteiger partial charge is 0.311 e. The van der Waals surface area contributed by atoms with E-state index in [1.165, 1.54) is 6.42 Å². The highest BCUT2D eigenvalue weighted by molar-refractivity contribution is 5.95. The van der Waals surface area contributed by atoms with Crippen LogP contribution in [0.15, 0.2) is 0 Å². The Labute approximate surface area is 104 Å². The summed E-state index contributed by atoms with van der Waals surface area (Å²) >= 11 is 0. The minimum absolute atomic E-state index is 0.0607. The van der Waals surface area contributed by atoms with E-state index >= 15 is 0 Å². The summed E-state index contributed by atoms with van der Waals surface area (Å²) in [7, 11) is 0. The summed E-state index contributed by atoms with van der Waals surface area (Å²) in [4.78, 5) is 11.6. The number of carbonyl (C=O) groups excluding carboxylic acids is 1. The highest BCUT2D eigenvalue weighted by Gasteiger charge is 2.33. The summed E-state index contributed by atoms with van der Waals surface area (Å²) in [5, 5.41) is 7.32. The fraction of sp³-hybridized carbons (Fsp3) is 0.857. The molecule has 3 unspecified atom stereocenters. The van der Waals surface area contributed by atoms with Gasteiger partial charge in [0, 0.05) is 5.71 Å². The van der Waals surface area contributed by atoms with Crippen molar-refractivity contribution in [3.8, 4) is 0 Å². The van der Waals surface area contributed by atoms with Crippen molar-refractivity contribution in [1.29, 1.82) is 5.41 Å². The number of rotatable bonds is 4. The van der Waals surface area contributed by atoms with Crippen molar-refractivity contribution in [3.05, 3.63) is 0 Å². The van der Waals surface area contributed by atoms with E-state index in [9.17, 15) is 4.79 Å². The lowest BCUT2D eigenvalue weighted by Crippen LogP contribution is -2.36. The van der Waals surface area contributed by atoms with Gasteiger partial charge in [0.15, 0.2) is 0 Å². The Hall–Kier alpha value is -0.860. The number of carbonyl (C=O) groups is 1. The van der Waals surface area contributed by atoms with Crippen LogP contribution in [0.4, 0.5) is 0 Å². The molecule has 1 N–H and O–H groups in total. The van der Waals surface area contributed by atoms with E-state index in [0.29, 0.717) is 23.5 Å². The van der Waals surface area contributed by atoms with Crippen molar-refractivity contribution in [3.63, 3.8) is 0 Å². The van der Waals surface area contributed by atoms with Crippen LogP contribution in [0.5, 0.6) is 0 Å². The van der Waals surface area contributed by atoms with Crippen LogP contribution in [0.1, 0.15) is 53.4 Å². The van der Waals surface area contributed by atoms with Crippen LogP contribution >= 0.6 is 0 Å². The molecule has 0 aliphatic heterocycles.